The van der Waals surface area contributed by atoms with Gasteiger partial charge in [-0.1, -0.05) is 6.08 Å². The Balaban J connectivity index is 2.16. The van der Waals surface area contributed by atoms with Crippen molar-refractivity contribution in [1.29, 1.82) is 0 Å². The first-order valence-corrected chi connectivity index (χ1v) is 4.86. The highest BCUT2D eigenvalue weighted by Crippen LogP contribution is 2.03. The summed E-state index contributed by atoms with van der Waals surface area (Å²) in [5.41, 5.74) is 0. The predicted molar refractivity (Wildman–Crippen MR) is 53.4 cm³/mol. The zero-order chi connectivity index (χ0) is 9.68. The Morgan fingerprint density at radius 2 is 2.62 bits per heavy atom. The molecule has 0 saturated carbocycles. The molecule has 74 valence electrons. The van der Waals surface area contributed by atoms with Crippen LogP contribution in [-0.2, 0) is 4.79 Å². The van der Waals surface area contributed by atoms with E-state index in [0.717, 1.165) is 19.4 Å². The van der Waals surface area contributed by atoms with Crippen molar-refractivity contribution in [2.24, 2.45) is 0 Å². The molecule has 0 aliphatic carbocycles. The van der Waals surface area contributed by atoms with E-state index in [-0.39, 0.29) is 5.91 Å². The Hall–Kier alpha value is -0.830. The molecule has 2 N–H and O–H groups in total. The summed E-state index contributed by atoms with van der Waals surface area (Å²) in [6.07, 6.45) is 4.67. The molecular formula is C10H18N2O. The maximum Gasteiger partial charge on any atom is 0.221 e. The van der Waals surface area contributed by atoms with Crippen molar-refractivity contribution >= 4 is 5.91 Å². The number of rotatable bonds is 5. The van der Waals surface area contributed by atoms with E-state index < -0.39 is 0 Å². The monoisotopic (exact) mass is 182 g/mol. The van der Waals surface area contributed by atoms with Crippen LogP contribution in [0.15, 0.2) is 12.7 Å². The minimum atomic E-state index is 0.161. The van der Waals surface area contributed by atoms with E-state index in [1.165, 1.54) is 0 Å². The third-order valence-electron chi connectivity index (χ3n) is 2.30. The molecule has 0 bridgehead atoms. The first-order chi connectivity index (χ1) is 6.22. The largest absolute Gasteiger partial charge is 0.354 e. The van der Waals surface area contributed by atoms with E-state index in [2.05, 4.69) is 24.1 Å². The average Bonchev–Trinajstić information content (AvgIpc) is 2.48. The van der Waals surface area contributed by atoms with Crippen molar-refractivity contribution in [3.63, 3.8) is 0 Å². The van der Waals surface area contributed by atoms with Crippen LogP contribution in [0.2, 0.25) is 0 Å². The fraction of sp³-hybridized carbons (Fsp3) is 0.700. The van der Waals surface area contributed by atoms with E-state index in [1.54, 1.807) is 0 Å². The molecule has 0 spiro atoms. The molecule has 1 rings (SSSR count). The molecule has 0 aromatic carbocycles. The maximum atomic E-state index is 10.9. The van der Waals surface area contributed by atoms with Crippen LogP contribution in [0.5, 0.6) is 0 Å². The van der Waals surface area contributed by atoms with Gasteiger partial charge in [0.05, 0.1) is 0 Å². The number of carbonyl (C=O) groups is 1. The summed E-state index contributed by atoms with van der Waals surface area (Å²) >= 11 is 0. The average molecular weight is 182 g/mol. The summed E-state index contributed by atoms with van der Waals surface area (Å²) in [5, 5.41) is 6.22. The Bertz CT molecular complexity index is 191. The summed E-state index contributed by atoms with van der Waals surface area (Å²) in [4.78, 5) is 10.9. The number of hydrogen-bond donors (Lipinski definition) is 2. The molecule has 3 heteroatoms. The molecule has 13 heavy (non-hydrogen) atoms. The molecule has 1 fully saturated rings. The summed E-state index contributed by atoms with van der Waals surface area (Å²) < 4.78 is 0. The first kappa shape index (κ1) is 10.3. The number of hydrogen-bond acceptors (Lipinski definition) is 2. The summed E-state index contributed by atoms with van der Waals surface area (Å²) in [7, 11) is 0. The lowest BCUT2D eigenvalue weighted by molar-refractivity contribution is -0.119. The Morgan fingerprint density at radius 1 is 1.85 bits per heavy atom. The van der Waals surface area contributed by atoms with Gasteiger partial charge in [-0.15, -0.1) is 6.58 Å². The van der Waals surface area contributed by atoms with Gasteiger partial charge in [-0.2, -0.15) is 0 Å². The number of nitrogens with one attached hydrogen (secondary N) is 2. The Kier molecular flexibility index (Phi) is 3.96. The second-order valence-electron chi connectivity index (χ2n) is 3.64. The zero-order valence-electron chi connectivity index (χ0n) is 8.18. The third-order valence-corrected chi connectivity index (χ3v) is 2.30. The standard InChI is InChI=1S/C10H18N2O/c1-3-4-5-8(2)12-9-6-10(13)11-7-9/h3,8-9,12H,1,4-7H2,2H3,(H,11,13). The fourth-order valence-electron chi connectivity index (χ4n) is 1.58. The van der Waals surface area contributed by atoms with Gasteiger partial charge in [-0.3, -0.25) is 4.79 Å². The lowest BCUT2D eigenvalue weighted by atomic mass is 10.1. The van der Waals surface area contributed by atoms with E-state index in [0.29, 0.717) is 18.5 Å². The minimum absolute atomic E-state index is 0.161. The van der Waals surface area contributed by atoms with Gasteiger partial charge >= 0.3 is 0 Å². The number of carbonyl (C=O) groups excluding carboxylic acids is 1. The van der Waals surface area contributed by atoms with Crippen molar-refractivity contribution in [3.05, 3.63) is 12.7 Å². The van der Waals surface area contributed by atoms with Crippen LogP contribution < -0.4 is 10.6 Å². The quantitative estimate of drug-likeness (QED) is 0.618. The Morgan fingerprint density at radius 3 is 3.15 bits per heavy atom. The molecule has 1 heterocycles. The van der Waals surface area contributed by atoms with Crippen molar-refractivity contribution in [2.45, 2.75) is 38.3 Å². The van der Waals surface area contributed by atoms with Gasteiger partial charge < -0.3 is 10.6 Å². The van der Waals surface area contributed by atoms with Gasteiger partial charge in [0.1, 0.15) is 0 Å². The summed E-state index contributed by atoms with van der Waals surface area (Å²) in [5.74, 6) is 0.161. The molecule has 2 unspecified atom stereocenters. The highest BCUT2D eigenvalue weighted by atomic mass is 16.1. The second-order valence-corrected chi connectivity index (χ2v) is 3.64. The normalized spacial score (nSPS) is 24.1. The molecule has 3 nitrogen and oxygen atoms in total. The van der Waals surface area contributed by atoms with Crippen LogP contribution in [0, 0.1) is 0 Å². The molecule has 1 aliphatic rings. The van der Waals surface area contributed by atoms with Crippen LogP contribution >= 0.6 is 0 Å². The second kappa shape index (κ2) is 5.02. The van der Waals surface area contributed by atoms with Crippen LogP contribution in [0.3, 0.4) is 0 Å². The van der Waals surface area contributed by atoms with E-state index >= 15 is 0 Å². The smallest absolute Gasteiger partial charge is 0.221 e. The Labute approximate surface area is 79.6 Å². The fourth-order valence-corrected chi connectivity index (χ4v) is 1.58. The van der Waals surface area contributed by atoms with Crippen molar-refractivity contribution in [1.82, 2.24) is 10.6 Å². The van der Waals surface area contributed by atoms with Gasteiger partial charge in [-0.25, -0.2) is 0 Å². The molecule has 0 radical (unpaired) electrons. The van der Waals surface area contributed by atoms with Crippen molar-refractivity contribution in [2.75, 3.05) is 6.54 Å². The van der Waals surface area contributed by atoms with E-state index in [9.17, 15) is 4.79 Å². The maximum absolute atomic E-state index is 10.9. The summed E-state index contributed by atoms with van der Waals surface area (Å²) in [6.45, 7) is 6.60. The van der Waals surface area contributed by atoms with Gasteiger partial charge in [0.2, 0.25) is 5.91 Å². The molecule has 1 amide bonds. The molecule has 2 atom stereocenters. The predicted octanol–water partition coefficient (Wildman–Crippen LogP) is 0.819. The topological polar surface area (TPSA) is 41.1 Å². The van der Waals surface area contributed by atoms with E-state index in [4.69, 9.17) is 0 Å². The van der Waals surface area contributed by atoms with Crippen molar-refractivity contribution < 1.29 is 4.79 Å². The highest BCUT2D eigenvalue weighted by molar-refractivity contribution is 5.78. The molecule has 1 aliphatic heterocycles. The lowest BCUT2D eigenvalue weighted by Crippen LogP contribution is -2.37. The lowest BCUT2D eigenvalue weighted by Gasteiger charge is -2.17. The summed E-state index contributed by atoms with van der Waals surface area (Å²) in [6, 6.07) is 0.794. The van der Waals surface area contributed by atoms with Gasteiger partial charge in [0, 0.05) is 25.0 Å². The molecule has 0 aromatic rings. The van der Waals surface area contributed by atoms with Gasteiger partial charge in [-0.05, 0) is 19.8 Å². The van der Waals surface area contributed by atoms with Crippen LogP contribution in [0.25, 0.3) is 0 Å². The third kappa shape index (κ3) is 3.59. The minimum Gasteiger partial charge on any atom is -0.354 e. The van der Waals surface area contributed by atoms with Crippen LogP contribution in [0.4, 0.5) is 0 Å². The highest BCUT2D eigenvalue weighted by Gasteiger charge is 2.21. The van der Waals surface area contributed by atoms with Crippen LogP contribution in [0.1, 0.15) is 26.2 Å². The first-order valence-electron chi connectivity index (χ1n) is 4.86. The van der Waals surface area contributed by atoms with Gasteiger partial charge in [0.25, 0.3) is 0 Å². The number of amides is 1. The SMILES string of the molecule is C=CCCC(C)NC1CNC(=O)C1. The van der Waals surface area contributed by atoms with Crippen LogP contribution in [-0.4, -0.2) is 24.5 Å². The zero-order valence-corrected chi connectivity index (χ0v) is 8.18. The molecule has 0 aromatic heterocycles. The number of allylic oxidation sites excluding steroid dienone is 1. The molecule has 1 saturated heterocycles. The van der Waals surface area contributed by atoms with Gasteiger partial charge in [0.15, 0.2) is 0 Å². The molecular weight excluding hydrogens is 164 g/mol. The van der Waals surface area contributed by atoms with Crippen molar-refractivity contribution in [3.8, 4) is 0 Å². The van der Waals surface area contributed by atoms with E-state index in [1.807, 2.05) is 6.08 Å².